The van der Waals surface area contributed by atoms with Crippen molar-refractivity contribution in [3.8, 4) is 34.2 Å². The van der Waals surface area contributed by atoms with E-state index in [0.29, 0.717) is 33.9 Å². The summed E-state index contributed by atoms with van der Waals surface area (Å²) in [5, 5.41) is 12.3. The molecule has 0 bridgehead atoms. The molecule has 1 saturated heterocycles. The molecule has 10 nitrogen and oxygen atoms in total. The van der Waals surface area contributed by atoms with Gasteiger partial charge in [0.15, 0.2) is 11.5 Å². The van der Waals surface area contributed by atoms with Gasteiger partial charge in [0.25, 0.3) is 5.91 Å². The van der Waals surface area contributed by atoms with Gasteiger partial charge in [-0.05, 0) is 55.0 Å². The lowest BCUT2D eigenvalue weighted by molar-refractivity contribution is -0.131. The molecule has 0 radical (unpaired) electrons. The minimum absolute atomic E-state index is 0.0721. The first-order valence-electron chi connectivity index (χ1n) is 12.4. The Hall–Kier alpha value is -5.26. The van der Waals surface area contributed by atoms with E-state index in [-0.39, 0.29) is 5.75 Å². The van der Waals surface area contributed by atoms with E-state index in [0.717, 1.165) is 10.7 Å². The van der Waals surface area contributed by atoms with Crippen LogP contribution >= 0.6 is 0 Å². The Balaban J connectivity index is 1.48. The van der Waals surface area contributed by atoms with Crippen molar-refractivity contribution in [1.29, 1.82) is 0 Å². The minimum Gasteiger partial charge on any atom is -0.493 e. The number of methoxy groups -OCH3 is 2. The van der Waals surface area contributed by atoms with Crippen LogP contribution < -0.4 is 19.5 Å². The summed E-state index contributed by atoms with van der Waals surface area (Å²) in [5.74, 6) is 0.319. The zero-order valence-electron chi connectivity index (χ0n) is 22.2. The summed E-state index contributed by atoms with van der Waals surface area (Å²) in [6.07, 6.45) is 3.10. The molecule has 0 saturated carbocycles. The van der Waals surface area contributed by atoms with Crippen molar-refractivity contribution in [2.24, 2.45) is 5.10 Å². The molecule has 1 aromatic heterocycles. The highest BCUT2D eigenvalue weighted by Crippen LogP contribution is 2.34. The van der Waals surface area contributed by atoms with E-state index in [1.165, 1.54) is 51.6 Å². The summed E-state index contributed by atoms with van der Waals surface area (Å²) >= 11 is 0. The predicted octanol–water partition coefficient (Wildman–Crippen LogP) is 4.96. The molecule has 41 heavy (non-hydrogen) atoms. The third kappa shape index (κ3) is 5.31. The second-order valence-electron chi connectivity index (χ2n) is 9.10. The van der Waals surface area contributed by atoms with E-state index >= 15 is 0 Å². The fourth-order valence-corrected chi connectivity index (χ4v) is 4.42. The second-order valence-corrected chi connectivity index (χ2v) is 9.10. The molecule has 3 aromatic carbocycles. The van der Waals surface area contributed by atoms with Gasteiger partial charge in [0.2, 0.25) is 0 Å². The van der Waals surface area contributed by atoms with Crippen LogP contribution in [0.25, 0.3) is 16.9 Å². The molecule has 0 spiro atoms. The fourth-order valence-electron chi connectivity index (χ4n) is 4.42. The molecular weight excluding hydrogens is 536 g/mol. The molecule has 3 amide bonds. The number of imide groups is 1. The van der Waals surface area contributed by atoms with Gasteiger partial charge in [-0.3, -0.25) is 4.79 Å². The number of rotatable bonds is 9. The summed E-state index contributed by atoms with van der Waals surface area (Å²) < 4.78 is 41.9. The number of nitrogens with zero attached hydrogens (tertiary/aromatic N) is 4. The number of hydrogen-bond donors (Lipinski definition) is 1. The van der Waals surface area contributed by atoms with Crippen molar-refractivity contribution in [3.05, 3.63) is 90.1 Å². The van der Waals surface area contributed by atoms with E-state index in [1.807, 2.05) is 36.4 Å². The van der Waals surface area contributed by atoms with Crippen LogP contribution in [0.1, 0.15) is 18.1 Å². The maximum absolute atomic E-state index is 13.4. The largest absolute Gasteiger partial charge is 0.493 e. The Labute approximate surface area is 233 Å². The van der Waals surface area contributed by atoms with Gasteiger partial charge < -0.3 is 19.5 Å². The second kappa shape index (κ2) is 11.1. The number of para-hydroxylation sites is 1. The fraction of sp³-hybridized carbons (Fsp3) is 0.172. The van der Waals surface area contributed by atoms with E-state index in [1.54, 1.807) is 23.0 Å². The highest BCUT2D eigenvalue weighted by Gasteiger charge is 2.49. The Morgan fingerprint density at radius 3 is 2.34 bits per heavy atom. The van der Waals surface area contributed by atoms with Crippen LogP contribution in [0, 0.1) is 0 Å². The normalized spacial score (nSPS) is 16.9. The molecule has 5 rings (SSSR count). The number of alkyl halides is 2. The first kappa shape index (κ1) is 27.3. The minimum atomic E-state index is -2.98. The number of carbonyl (C=O) groups excluding carboxylic acids is 2. The molecule has 210 valence electrons. The van der Waals surface area contributed by atoms with Crippen molar-refractivity contribution in [2.45, 2.75) is 19.1 Å². The molecule has 12 heteroatoms. The van der Waals surface area contributed by atoms with Gasteiger partial charge in [0.05, 0.1) is 26.1 Å². The standard InChI is InChI=1S/C29H25F2N5O5/c1-29(20-10-12-22(13-11-20)41-27(30)31)26(37)36(28(38)33-29)32-16-19-17-35(21-7-5-4-6-8-21)34-25(19)18-9-14-23(39-2)24(15-18)40-3/h4-17,27H,1-3H3,(H,33,38)/b32-16+. The molecule has 1 atom stereocenters. The van der Waals surface area contributed by atoms with Crippen LogP contribution in [0.4, 0.5) is 13.6 Å². The number of nitrogens with one attached hydrogen (secondary N) is 1. The van der Waals surface area contributed by atoms with Gasteiger partial charge >= 0.3 is 12.6 Å². The predicted molar refractivity (Wildman–Crippen MR) is 146 cm³/mol. The van der Waals surface area contributed by atoms with Crippen LogP contribution in [-0.4, -0.2) is 53.8 Å². The Morgan fingerprint density at radius 2 is 1.68 bits per heavy atom. The summed E-state index contributed by atoms with van der Waals surface area (Å²) in [7, 11) is 3.07. The highest BCUT2D eigenvalue weighted by atomic mass is 19.3. The SMILES string of the molecule is COc1ccc(-c2nn(-c3ccccc3)cc2/C=N/N2C(=O)NC(C)(c3ccc(OC(F)F)cc3)C2=O)cc1OC. The molecule has 1 fully saturated rings. The topological polar surface area (TPSA) is 107 Å². The van der Waals surface area contributed by atoms with Crippen LogP contribution in [-0.2, 0) is 10.3 Å². The third-order valence-corrected chi connectivity index (χ3v) is 6.56. The van der Waals surface area contributed by atoms with E-state index in [9.17, 15) is 18.4 Å². The van der Waals surface area contributed by atoms with Crippen molar-refractivity contribution in [2.75, 3.05) is 14.2 Å². The summed E-state index contributed by atoms with van der Waals surface area (Å²) in [4.78, 5) is 26.2. The number of halogens is 2. The number of urea groups is 1. The molecule has 1 unspecified atom stereocenters. The van der Waals surface area contributed by atoms with E-state index < -0.39 is 24.1 Å². The number of ether oxygens (including phenoxy) is 3. The number of hydrazone groups is 1. The van der Waals surface area contributed by atoms with Crippen LogP contribution in [0.2, 0.25) is 0 Å². The number of amides is 3. The zero-order valence-corrected chi connectivity index (χ0v) is 22.2. The Kier molecular flexibility index (Phi) is 7.38. The first-order valence-corrected chi connectivity index (χ1v) is 12.4. The van der Waals surface area contributed by atoms with Crippen molar-refractivity contribution >= 4 is 18.2 Å². The monoisotopic (exact) mass is 561 g/mol. The van der Waals surface area contributed by atoms with Crippen molar-refractivity contribution in [3.63, 3.8) is 0 Å². The lowest BCUT2D eigenvalue weighted by Crippen LogP contribution is -2.40. The third-order valence-electron chi connectivity index (χ3n) is 6.56. The van der Waals surface area contributed by atoms with Gasteiger partial charge in [-0.1, -0.05) is 30.3 Å². The average Bonchev–Trinajstić information content (AvgIpc) is 3.50. The van der Waals surface area contributed by atoms with Crippen molar-refractivity contribution in [1.82, 2.24) is 20.1 Å². The highest BCUT2D eigenvalue weighted by molar-refractivity contribution is 6.07. The molecule has 2 heterocycles. The van der Waals surface area contributed by atoms with E-state index in [4.69, 9.17) is 14.6 Å². The first-order chi connectivity index (χ1) is 19.7. The Morgan fingerprint density at radius 1 is 0.976 bits per heavy atom. The number of aromatic nitrogens is 2. The van der Waals surface area contributed by atoms with Crippen LogP contribution in [0.5, 0.6) is 17.2 Å². The van der Waals surface area contributed by atoms with Crippen LogP contribution in [0.3, 0.4) is 0 Å². The molecule has 4 aromatic rings. The van der Waals surface area contributed by atoms with E-state index in [2.05, 4.69) is 15.2 Å². The van der Waals surface area contributed by atoms with Crippen molar-refractivity contribution < 1.29 is 32.6 Å². The summed E-state index contributed by atoms with van der Waals surface area (Å²) in [6, 6.07) is 19.4. The molecule has 0 aliphatic carbocycles. The maximum Gasteiger partial charge on any atom is 0.387 e. The lowest BCUT2D eigenvalue weighted by atomic mass is 9.92. The smallest absolute Gasteiger partial charge is 0.387 e. The summed E-state index contributed by atoms with van der Waals surface area (Å²) in [5.41, 5.74) is 1.41. The summed E-state index contributed by atoms with van der Waals surface area (Å²) in [6.45, 7) is -1.47. The number of hydrogen-bond acceptors (Lipinski definition) is 7. The van der Waals surface area contributed by atoms with Gasteiger partial charge in [-0.15, -0.1) is 5.01 Å². The quantitative estimate of drug-likeness (QED) is 0.229. The molecular formula is C29H25F2N5O5. The Bertz CT molecular complexity index is 1610. The van der Waals surface area contributed by atoms with Gasteiger partial charge in [-0.25, -0.2) is 9.48 Å². The van der Waals surface area contributed by atoms with Gasteiger partial charge in [-0.2, -0.15) is 19.0 Å². The molecule has 1 aliphatic heterocycles. The number of benzene rings is 3. The zero-order chi connectivity index (χ0) is 29.1. The van der Waals surface area contributed by atoms with Gasteiger partial charge in [0, 0.05) is 17.3 Å². The lowest BCUT2D eigenvalue weighted by Gasteiger charge is -2.21. The molecule has 1 aliphatic rings. The van der Waals surface area contributed by atoms with Gasteiger partial charge in [0.1, 0.15) is 17.0 Å². The number of carbonyl (C=O) groups is 2. The average molecular weight is 562 g/mol. The molecule has 1 N–H and O–H groups in total. The van der Waals surface area contributed by atoms with Crippen LogP contribution in [0.15, 0.2) is 84.1 Å². The maximum atomic E-state index is 13.4.